The number of nitrogens with two attached hydrogens (primary N) is 2. The fraction of sp³-hybridized carbons (Fsp3) is 0.171. The fourth-order valence-electron chi connectivity index (χ4n) is 7.44. The van der Waals surface area contributed by atoms with Gasteiger partial charge in [0, 0.05) is 64.3 Å². The normalized spacial score (nSPS) is 14.3. The Kier molecular flexibility index (Phi) is 7.59. The Balaban J connectivity index is 1.57. The number of carbonyl (C=O) groups excluding carboxylic acids is 1. The number of nitrogen functional groups attached to an aromatic ring is 2. The van der Waals surface area contributed by atoms with E-state index in [1.165, 1.54) is 0 Å². The highest BCUT2D eigenvalue weighted by atomic mass is 16.1. The lowest BCUT2D eigenvalue weighted by atomic mass is 9.66. The van der Waals surface area contributed by atoms with Crippen LogP contribution in [0.5, 0.6) is 0 Å². The molecule has 1 aliphatic rings. The third-order valence-electron chi connectivity index (χ3n) is 9.64. The summed E-state index contributed by atoms with van der Waals surface area (Å²) in [5.41, 5.74) is 18.1. The first-order valence-corrected chi connectivity index (χ1v) is 16.3. The Morgan fingerprint density at radius 3 is 1.94 bits per heavy atom. The van der Waals surface area contributed by atoms with Crippen LogP contribution in [-0.2, 0) is 4.79 Å². The molecule has 0 aromatic heterocycles. The second-order valence-corrected chi connectivity index (χ2v) is 12.1. The Morgan fingerprint density at radius 2 is 1.40 bits per heavy atom. The second-order valence-electron chi connectivity index (χ2n) is 12.1. The van der Waals surface area contributed by atoms with E-state index in [0.717, 1.165) is 67.6 Å². The Bertz CT molecular complexity index is 2460. The predicted octanol–water partition coefficient (Wildman–Crippen LogP) is 8.90. The maximum atomic E-state index is 14.7. The number of rotatable bonds is 8. The third-order valence-corrected chi connectivity index (χ3v) is 9.64. The van der Waals surface area contributed by atoms with Crippen molar-refractivity contribution in [3.63, 3.8) is 0 Å². The zero-order valence-corrected chi connectivity index (χ0v) is 27.2. The average Bonchev–Trinajstić information content (AvgIpc) is 3.10. The SMILES string of the molecule is [C-]#[N+]C(=C=[N-])C1=C(c2c(N)cc(NCC)c3cc4ccccc4cc23)C(=O)C1c1c(N)cc(N(CC)CC)c2cc3ccccc3cc12. The summed E-state index contributed by atoms with van der Waals surface area (Å²) >= 11 is 0. The van der Waals surface area contributed by atoms with Gasteiger partial charge in [-0.05, 0) is 101 Å². The Labute approximate surface area is 279 Å². The molecule has 48 heavy (non-hydrogen) atoms. The van der Waals surface area contributed by atoms with Gasteiger partial charge in [0.2, 0.25) is 5.70 Å². The van der Waals surface area contributed by atoms with Gasteiger partial charge in [-0.3, -0.25) is 10.7 Å². The highest BCUT2D eigenvalue weighted by molar-refractivity contribution is 6.38. The third kappa shape index (κ3) is 4.58. The van der Waals surface area contributed by atoms with Gasteiger partial charge in [-0.1, -0.05) is 48.5 Å². The molecule has 1 unspecified atom stereocenters. The topological polar surface area (TPSA) is 111 Å². The molecule has 0 saturated carbocycles. The molecule has 0 amide bonds. The van der Waals surface area contributed by atoms with E-state index in [2.05, 4.69) is 65.1 Å². The second kappa shape index (κ2) is 11.9. The van der Waals surface area contributed by atoms with Gasteiger partial charge in [-0.15, -0.1) is 0 Å². The monoisotopic (exact) mass is 627 g/mol. The van der Waals surface area contributed by atoms with Crippen LogP contribution in [0.1, 0.15) is 37.8 Å². The summed E-state index contributed by atoms with van der Waals surface area (Å²) in [7, 11) is 0. The van der Waals surface area contributed by atoms with Gasteiger partial charge in [0.15, 0.2) is 5.78 Å². The molecule has 1 atom stereocenters. The molecule has 7 nitrogen and oxygen atoms in total. The van der Waals surface area contributed by atoms with E-state index in [0.29, 0.717) is 40.2 Å². The van der Waals surface area contributed by atoms with Crippen molar-refractivity contribution >= 4 is 83.1 Å². The molecular formula is C41H35N6O-. The minimum Gasteiger partial charge on any atom is -0.775 e. The highest BCUT2D eigenvalue weighted by Crippen LogP contribution is 2.54. The minimum atomic E-state index is -0.901. The molecule has 6 aromatic rings. The first-order chi connectivity index (χ1) is 23.3. The van der Waals surface area contributed by atoms with Crippen LogP contribution in [-0.4, -0.2) is 31.3 Å². The maximum absolute atomic E-state index is 14.7. The number of anilines is 4. The molecular weight excluding hydrogens is 592 g/mol. The number of ketones is 1. The number of hydrogen-bond acceptors (Lipinski definition) is 5. The summed E-state index contributed by atoms with van der Waals surface area (Å²) in [5, 5.41) is 21.3. The molecule has 7 rings (SSSR count). The van der Waals surface area contributed by atoms with Crippen molar-refractivity contribution in [2.45, 2.75) is 26.7 Å². The van der Waals surface area contributed by atoms with E-state index in [1.54, 1.807) is 0 Å². The molecule has 0 bridgehead atoms. The smallest absolute Gasteiger partial charge is 0.210 e. The number of nitrogens with one attached hydrogen (secondary N) is 1. The van der Waals surface area contributed by atoms with E-state index in [9.17, 15) is 10.2 Å². The van der Waals surface area contributed by atoms with Crippen LogP contribution in [0.3, 0.4) is 0 Å². The molecule has 0 saturated heterocycles. The van der Waals surface area contributed by atoms with E-state index in [4.69, 9.17) is 18.0 Å². The Hall–Kier alpha value is -6.09. The minimum absolute atomic E-state index is 0.139. The lowest BCUT2D eigenvalue weighted by Crippen LogP contribution is -2.31. The van der Waals surface area contributed by atoms with Crippen molar-refractivity contribution in [2.24, 2.45) is 0 Å². The van der Waals surface area contributed by atoms with Crippen LogP contribution in [0.2, 0.25) is 0 Å². The number of carbonyl (C=O) groups is 1. The largest absolute Gasteiger partial charge is 0.775 e. The molecule has 0 heterocycles. The van der Waals surface area contributed by atoms with Crippen molar-refractivity contribution in [1.82, 2.24) is 0 Å². The van der Waals surface area contributed by atoms with E-state index < -0.39 is 5.92 Å². The van der Waals surface area contributed by atoms with Crippen LogP contribution in [0, 0.1) is 6.57 Å². The van der Waals surface area contributed by atoms with Gasteiger partial charge in [0.1, 0.15) is 0 Å². The lowest BCUT2D eigenvalue weighted by molar-refractivity contribution is -0.115. The van der Waals surface area contributed by atoms with E-state index in [1.807, 2.05) is 61.5 Å². The molecule has 1 aliphatic carbocycles. The predicted molar refractivity (Wildman–Crippen MR) is 203 cm³/mol. The zero-order valence-electron chi connectivity index (χ0n) is 27.2. The number of hydrogen-bond donors (Lipinski definition) is 3. The van der Waals surface area contributed by atoms with Gasteiger partial charge >= 0.3 is 0 Å². The van der Waals surface area contributed by atoms with Gasteiger partial charge in [0.05, 0.1) is 12.5 Å². The van der Waals surface area contributed by atoms with Crippen molar-refractivity contribution in [3.8, 4) is 0 Å². The standard InChI is InChI=1S/C41H35N6O/c1-5-46-33-20-31(43)36(29-18-25-14-10-8-12-23(25)16-27(29)33)39-38(34(22-42)45-4)40(41(39)48)37-30-19-26-15-11-9-13-24(26)17-28(30)35(21-32(37)44)47(6-2)7-3/h8-21,40,46H,5-7,43-44H2,1-3H3/q-1. The molecule has 0 spiro atoms. The summed E-state index contributed by atoms with van der Waals surface area (Å²) in [6, 6.07) is 28.3. The molecule has 5 N–H and O–H groups in total. The summed E-state index contributed by atoms with van der Waals surface area (Å²) < 4.78 is 0. The molecule has 7 heteroatoms. The lowest BCUT2D eigenvalue weighted by Gasteiger charge is -2.36. The average molecular weight is 628 g/mol. The number of allylic oxidation sites excluding steroid dienone is 2. The van der Waals surface area contributed by atoms with Crippen molar-refractivity contribution in [3.05, 3.63) is 124 Å². The number of nitrogens with zero attached hydrogens (tertiary/aromatic N) is 3. The fourth-order valence-corrected chi connectivity index (χ4v) is 7.44. The number of Topliss-reactive ketones (excluding diaryl/α,β-unsaturated/α-hetero) is 1. The van der Waals surface area contributed by atoms with Crippen LogP contribution >= 0.6 is 0 Å². The van der Waals surface area contributed by atoms with Gasteiger partial charge in [-0.25, -0.2) is 4.85 Å². The summed E-state index contributed by atoms with van der Waals surface area (Å²) in [5.74, 6) is 0.984. The molecule has 0 aliphatic heterocycles. The van der Waals surface area contributed by atoms with Crippen molar-refractivity contribution < 1.29 is 4.79 Å². The summed E-state index contributed by atoms with van der Waals surface area (Å²) in [6.45, 7) is 16.5. The van der Waals surface area contributed by atoms with E-state index >= 15 is 0 Å². The molecule has 0 fully saturated rings. The van der Waals surface area contributed by atoms with Gasteiger partial charge < -0.3 is 27.1 Å². The van der Waals surface area contributed by atoms with Crippen LogP contribution in [0.25, 0.3) is 58.9 Å². The number of benzene rings is 6. The van der Waals surface area contributed by atoms with Crippen molar-refractivity contribution in [2.75, 3.05) is 41.3 Å². The summed E-state index contributed by atoms with van der Waals surface area (Å²) in [4.78, 5) is 20.6. The Morgan fingerprint density at radius 1 is 0.833 bits per heavy atom. The summed E-state index contributed by atoms with van der Waals surface area (Å²) in [6.07, 6.45) is 0. The highest BCUT2D eigenvalue weighted by Gasteiger charge is 2.45. The molecule has 6 aromatic carbocycles. The maximum Gasteiger partial charge on any atom is 0.210 e. The van der Waals surface area contributed by atoms with Crippen LogP contribution < -0.4 is 21.7 Å². The van der Waals surface area contributed by atoms with Crippen LogP contribution in [0.15, 0.2) is 96.2 Å². The quantitative estimate of drug-likeness (QED) is 0.0675. The first kappa shape index (κ1) is 30.6. The molecule has 0 radical (unpaired) electrons. The zero-order chi connectivity index (χ0) is 33.7. The first-order valence-electron chi connectivity index (χ1n) is 16.3. The number of fused-ring (bicyclic) bond motifs is 4. The molecule has 236 valence electrons. The van der Waals surface area contributed by atoms with Crippen LogP contribution in [0.4, 0.5) is 22.7 Å². The van der Waals surface area contributed by atoms with E-state index in [-0.39, 0.29) is 11.5 Å². The van der Waals surface area contributed by atoms with Gasteiger partial charge in [-0.2, -0.15) is 0 Å². The van der Waals surface area contributed by atoms with Crippen molar-refractivity contribution in [1.29, 1.82) is 0 Å². The van der Waals surface area contributed by atoms with Gasteiger partial charge in [0.25, 0.3) is 0 Å².